The third-order valence-electron chi connectivity index (χ3n) is 5.93. The number of rotatable bonds is 4. The van der Waals surface area contributed by atoms with E-state index in [-0.39, 0.29) is 40.9 Å². The van der Waals surface area contributed by atoms with Crippen LogP contribution < -0.4 is 0 Å². The standard InChI is InChI=1S/C20H28ClFN2O3S/c1-14(2)19-5-3-4-10-24(19)20(25)15-8-11-23(12-9-15)28(26,27)16-6-7-18(22)17(21)13-16/h6-7,13-15,19H,3-5,8-12H2,1-2H3. The van der Waals surface area contributed by atoms with Crippen LogP contribution in [0.4, 0.5) is 4.39 Å². The molecule has 2 heterocycles. The van der Waals surface area contributed by atoms with Crippen molar-refractivity contribution in [2.75, 3.05) is 19.6 Å². The summed E-state index contributed by atoms with van der Waals surface area (Å²) in [5.41, 5.74) is 0. The third-order valence-corrected chi connectivity index (χ3v) is 8.12. The smallest absolute Gasteiger partial charge is 0.243 e. The van der Waals surface area contributed by atoms with E-state index in [1.807, 2.05) is 4.90 Å². The van der Waals surface area contributed by atoms with Crippen molar-refractivity contribution < 1.29 is 17.6 Å². The lowest BCUT2D eigenvalue weighted by molar-refractivity contribution is -0.141. The van der Waals surface area contributed by atoms with Gasteiger partial charge in [-0.05, 0) is 56.2 Å². The number of likely N-dealkylation sites (tertiary alicyclic amines) is 1. The summed E-state index contributed by atoms with van der Waals surface area (Å²) in [4.78, 5) is 15.1. The number of carbonyl (C=O) groups excluding carboxylic acids is 1. The highest BCUT2D eigenvalue weighted by Crippen LogP contribution is 2.30. The molecule has 156 valence electrons. The molecule has 0 radical (unpaired) electrons. The van der Waals surface area contributed by atoms with Gasteiger partial charge in [0.1, 0.15) is 5.82 Å². The van der Waals surface area contributed by atoms with Crippen molar-refractivity contribution in [3.8, 4) is 0 Å². The largest absolute Gasteiger partial charge is 0.339 e. The van der Waals surface area contributed by atoms with Crippen LogP contribution in [-0.4, -0.2) is 49.2 Å². The fraction of sp³-hybridized carbons (Fsp3) is 0.650. The predicted octanol–water partition coefficient (Wildman–Crippen LogP) is 3.92. The van der Waals surface area contributed by atoms with Crippen LogP contribution in [0.3, 0.4) is 0 Å². The van der Waals surface area contributed by atoms with Crippen molar-refractivity contribution in [1.82, 2.24) is 9.21 Å². The zero-order chi connectivity index (χ0) is 20.5. The minimum Gasteiger partial charge on any atom is -0.339 e. The second kappa shape index (κ2) is 8.67. The Labute approximate surface area is 171 Å². The molecule has 1 unspecified atom stereocenters. The van der Waals surface area contributed by atoms with E-state index in [2.05, 4.69) is 13.8 Å². The molecule has 0 spiro atoms. The predicted molar refractivity (Wildman–Crippen MR) is 107 cm³/mol. The molecule has 2 aliphatic rings. The lowest BCUT2D eigenvalue weighted by atomic mass is 9.89. The molecule has 28 heavy (non-hydrogen) atoms. The summed E-state index contributed by atoms with van der Waals surface area (Å²) in [6.45, 7) is 5.68. The molecule has 1 atom stereocenters. The normalized spacial score (nSPS) is 22.6. The molecule has 1 amide bonds. The first kappa shape index (κ1) is 21.5. The van der Waals surface area contributed by atoms with Gasteiger partial charge in [-0.15, -0.1) is 0 Å². The number of piperidine rings is 2. The number of halogens is 2. The van der Waals surface area contributed by atoms with Gasteiger partial charge in [-0.2, -0.15) is 4.31 Å². The van der Waals surface area contributed by atoms with E-state index in [4.69, 9.17) is 11.6 Å². The molecule has 0 aromatic heterocycles. The van der Waals surface area contributed by atoms with Gasteiger partial charge in [0.2, 0.25) is 15.9 Å². The van der Waals surface area contributed by atoms with Crippen molar-refractivity contribution in [1.29, 1.82) is 0 Å². The van der Waals surface area contributed by atoms with Crippen LogP contribution in [0.5, 0.6) is 0 Å². The Kier molecular flexibility index (Phi) is 6.67. The summed E-state index contributed by atoms with van der Waals surface area (Å²) in [5.74, 6) is -0.193. The van der Waals surface area contributed by atoms with Crippen LogP contribution in [-0.2, 0) is 14.8 Å². The molecule has 1 aromatic rings. The molecule has 1 aromatic carbocycles. The number of nitrogens with zero attached hydrogens (tertiary/aromatic N) is 2. The van der Waals surface area contributed by atoms with Crippen LogP contribution in [0.15, 0.2) is 23.1 Å². The summed E-state index contributed by atoms with van der Waals surface area (Å²) in [6.07, 6.45) is 4.25. The van der Waals surface area contributed by atoms with Crippen molar-refractivity contribution in [3.63, 3.8) is 0 Å². The van der Waals surface area contributed by atoms with Crippen molar-refractivity contribution in [2.45, 2.75) is 56.9 Å². The van der Waals surface area contributed by atoms with Gasteiger partial charge in [0, 0.05) is 31.6 Å². The highest BCUT2D eigenvalue weighted by atomic mass is 35.5. The van der Waals surface area contributed by atoms with E-state index >= 15 is 0 Å². The van der Waals surface area contributed by atoms with E-state index < -0.39 is 15.8 Å². The fourth-order valence-electron chi connectivity index (χ4n) is 4.29. The Balaban J connectivity index is 1.66. The lowest BCUT2D eigenvalue weighted by Gasteiger charge is -2.41. The minimum absolute atomic E-state index is 0.0143. The second-order valence-corrected chi connectivity index (χ2v) is 10.4. The molecule has 3 rings (SSSR count). The zero-order valence-corrected chi connectivity index (χ0v) is 18.0. The van der Waals surface area contributed by atoms with Gasteiger partial charge >= 0.3 is 0 Å². The maximum absolute atomic E-state index is 13.4. The minimum atomic E-state index is -3.74. The first-order valence-electron chi connectivity index (χ1n) is 9.97. The molecular weight excluding hydrogens is 403 g/mol. The molecule has 2 aliphatic heterocycles. The van der Waals surface area contributed by atoms with E-state index in [9.17, 15) is 17.6 Å². The summed E-state index contributed by atoms with van der Waals surface area (Å²) in [5, 5.41) is -0.212. The monoisotopic (exact) mass is 430 g/mol. The van der Waals surface area contributed by atoms with Gasteiger partial charge in [0.25, 0.3) is 0 Å². The molecule has 0 N–H and O–H groups in total. The Morgan fingerprint density at radius 3 is 2.43 bits per heavy atom. The van der Waals surface area contributed by atoms with Gasteiger partial charge in [0.05, 0.1) is 9.92 Å². The second-order valence-electron chi connectivity index (χ2n) is 8.09. The molecule has 0 saturated carbocycles. The summed E-state index contributed by atoms with van der Waals surface area (Å²) >= 11 is 5.74. The van der Waals surface area contributed by atoms with E-state index in [0.717, 1.165) is 37.9 Å². The molecule has 0 aliphatic carbocycles. The maximum atomic E-state index is 13.4. The van der Waals surface area contributed by atoms with Gasteiger partial charge < -0.3 is 4.90 Å². The van der Waals surface area contributed by atoms with Crippen molar-refractivity contribution in [3.05, 3.63) is 29.0 Å². The SMILES string of the molecule is CC(C)C1CCCCN1C(=O)C1CCN(S(=O)(=O)c2ccc(F)c(Cl)c2)CC1. The third kappa shape index (κ3) is 4.36. The fourth-order valence-corrected chi connectivity index (χ4v) is 6.03. The highest BCUT2D eigenvalue weighted by Gasteiger charge is 2.37. The Hall–Kier alpha value is -1.18. The van der Waals surface area contributed by atoms with E-state index in [0.29, 0.717) is 18.8 Å². The van der Waals surface area contributed by atoms with Crippen LogP contribution in [0.2, 0.25) is 5.02 Å². The zero-order valence-electron chi connectivity index (χ0n) is 16.4. The van der Waals surface area contributed by atoms with E-state index in [1.165, 1.54) is 10.4 Å². The van der Waals surface area contributed by atoms with Crippen LogP contribution in [0, 0.1) is 17.7 Å². The maximum Gasteiger partial charge on any atom is 0.243 e. The molecule has 8 heteroatoms. The van der Waals surface area contributed by atoms with Crippen molar-refractivity contribution >= 4 is 27.5 Å². The average Bonchev–Trinajstić information content (AvgIpc) is 2.69. The number of amides is 1. The lowest BCUT2D eigenvalue weighted by Crippen LogP contribution is -2.51. The number of benzene rings is 1. The number of carbonyl (C=O) groups is 1. The first-order chi connectivity index (χ1) is 13.2. The van der Waals surface area contributed by atoms with E-state index in [1.54, 1.807) is 0 Å². The molecular formula is C20H28ClFN2O3S. The van der Waals surface area contributed by atoms with Crippen molar-refractivity contribution in [2.24, 2.45) is 11.8 Å². The molecule has 0 bridgehead atoms. The molecule has 2 fully saturated rings. The molecule has 5 nitrogen and oxygen atoms in total. The summed E-state index contributed by atoms with van der Waals surface area (Å²) < 4.78 is 40.4. The molecule has 2 saturated heterocycles. The first-order valence-corrected chi connectivity index (χ1v) is 11.8. The number of hydrogen-bond acceptors (Lipinski definition) is 3. The number of sulfonamides is 1. The number of hydrogen-bond donors (Lipinski definition) is 0. The van der Waals surface area contributed by atoms with Gasteiger partial charge in [0.15, 0.2) is 0 Å². The van der Waals surface area contributed by atoms with Gasteiger partial charge in [-0.3, -0.25) is 4.79 Å². The van der Waals surface area contributed by atoms with Crippen LogP contribution in [0.1, 0.15) is 46.0 Å². The quantitative estimate of drug-likeness (QED) is 0.727. The summed E-state index contributed by atoms with van der Waals surface area (Å²) in [6, 6.07) is 3.72. The Bertz CT molecular complexity index is 823. The Morgan fingerprint density at radius 1 is 1.14 bits per heavy atom. The summed E-state index contributed by atoms with van der Waals surface area (Å²) in [7, 11) is -3.74. The average molecular weight is 431 g/mol. The van der Waals surface area contributed by atoms with Crippen LogP contribution in [0.25, 0.3) is 0 Å². The Morgan fingerprint density at radius 2 is 1.82 bits per heavy atom. The topological polar surface area (TPSA) is 57.7 Å². The van der Waals surface area contributed by atoms with Crippen LogP contribution >= 0.6 is 11.6 Å². The van der Waals surface area contributed by atoms with Gasteiger partial charge in [-0.1, -0.05) is 25.4 Å². The van der Waals surface area contributed by atoms with Gasteiger partial charge in [-0.25, -0.2) is 12.8 Å². The highest BCUT2D eigenvalue weighted by molar-refractivity contribution is 7.89.